The number of carboxylic acids is 1. The molecule has 0 aliphatic heterocycles. The Kier molecular flexibility index (Phi) is 3.64. The van der Waals surface area contributed by atoms with Gasteiger partial charge in [0.15, 0.2) is 0 Å². The molecule has 0 N–H and O–H groups in total. The molecule has 0 aliphatic carbocycles. The van der Waals surface area contributed by atoms with Crippen molar-refractivity contribution in [2.45, 2.75) is 18.2 Å². The molecule has 0 radical (unpaired) electrons. The molecule has 3 nitrogen and oxygen atoms in total. The first-order valence-corrected chi connectivity index (χ1v) is 6.34. The number of pyridine rings is 1. The van der Waals surface area contributed by atoms with Gasteiger partial charge in [0.25, 0.3) is 0 Å². The van der Waals surface area contributed by atoms with E-state index in [9.17, 15) is 9.90 Å². The van der Waals surface area contributed by atoms with Gasteiger partial charge in [0.1, 0.15) is 0 Å². The molecular weight excluding hydrogens is 234 g/mol. The number of benzene rings is 1. The topological polar surface area (TPSA) is 53.0 Å². The van der Waals surface area contributed by atoms with E-state index in [1.165, 1.54) is 11.8 Å². The Morgan fingerprint density at radius 3 is 2.94 bits per heavy atom. The molecular formula is C13H12NO2S-. The lowest BCUT2D eigenvalue weighted by molar-refractivity contribution is -0.305. The number of carboxylic acid groups (broad SMARTS) is 1. The highest BCUT2D eigenvalue weighted by molar-refractivity contribution is 7.99. The van der Waals surface area contributed by atoms with Gasteiger partial charge in [-0.25, -0.2) is 0 Å². The van der Waals surface area contributed by atoms with Crippen molar-refractivity contribution in [2.24, 2.45) is 0 Å². The maximum atomic E-state index is 10.4. The van der Waals surface area contributed by atoms with Crippen LogP contribution in [-0.2, 0) is 4.79 Å². The predicted molar refractivity (Wildman–Crippen MR) is 66.8 cm³/mol. The minimum Gasteiger partial charge on any atom is -0.550 e. The molecule has 0 amide bonds. The predicted octanol–water partition coefficient (Wildman–Crippen LogP) is 1.78. The lowest BCUT2D eigenvalue weighted by Crippen LogP contribution is -2.22. The highest BCUT2D eigenvalue weighted by atomic mass is 32.2. The molecule has 0 spiro atoms. The number of para-hydroxylation sites is 1. The molecule has 1 heterocycles. The van der Waals surface area contributed by atoms with Gasteiger partial charge in [-0.1, -0.05) is 18.2 Å². The second-order valence-corrected chi connectivity index (χ2v) is 4.89. The zero-order valence-electron chi connectivity index (χ0n) is 9.47. The van der Waals surface area contributed by atoms with Gasteiger partial charge < -0.3 is 9.90 Å². The fourth-order valence-corrected chi connectivity index (χ4v) is 2.70. The van der Waals surface area contributed by atoms with Crippen LogP contribution in [0.1, 0.15) is 12.1 Å². The maximum absolute atomic E-state index is 10.4. The van der Waals surface area contributed by atoms with Gasteiger partial charge in [0.05, 0.1) is 5.52 Å². The zero-order chi connectivity index (χ0) is 12.3. The number of aliphatic carboxylic acids is 1. The summed E-state index contributed by atoms with van der Waals surface area (Å²) in [7, 11) is 0. The van der Waals surface area contributed by atoms with Gasteiger partial charge >= 0.3 is 0 Å². The number of rotatable bonds is 4. The summed E-state index contributed by atoms with van der Waals surface area (Å²) >= 11 is 1.53. The van der Waals surface area contributed by atoms with Crippen LogP contribution >= 0.6 is 11.8 Å². The SMILES string of the molecule is Cc1cc(SCCC(=O)[O-])c2ccccc2n1. The molecule has 0 atom stereocenters. The van der Waals surface area contributed by atoms with Gasteiger partial charge in [-0.2, -0.15) is 0 Å². The maximum Gasteiger partial charge on any atom is 0.0716 e. The molecule has 0 fully saturated rings. The van der Waals surface area contributed by atoms with Gasteiger partial charge in [-0.05, 0) is 25.5 Å². The van der Waals surface area contributed by atoms with Crippen molar-refractivity contribution < 1.29 is 9.90 Å². The normalized spacial score (nSPS) is 10.6. The number of carbonyl (C=O) groups is 1. The van der Waals surface area contributed by atoms with Crippen molar-refractivity contribution in [3.05, 3.63) is 36.0 Å². The van der Waals surface area contributed by atoms with Crippen molar-refractivity contribution in [2.75, 3.05) is 5.75 Å². The molecule has 17 heavy (non-hydrogen) atoms. The second-order valence-electron chi connectivity index (χ2n) is 3.75. The number of hydrogen-bond acceptors (Lipinski definition) is 4. The van der Waals surface area contributed by atoms with Crippen LogP contribution in [0.4, 0.5) is 0 Å². The average molecular weight is 246 g/mol. The number of fused-ring (bicyclic) bond motifs is 1. The summed E-state index contributed by atoms with van der Waals surface area (Å²) in [5, 5.41) is 11.5. The van der Waals surface area contributed by atoms with Crippen LogP contribution in [0.15, 0.2) is 35.2 Å². The lowest BCUT2D eigenvalue weighted by Gasteiger charge is -2.07. The summed E-state index contributed by atoms with van der Waals surface area (Å²) in [5.41, 5.74) is 1.89. The summed E-state index contributed by atoms with van der Waals surface area (Å²) in [6, 6.07) is 9.86. The third kappa shape index (κ3) is 2.97. The van der Waals surface area contributed by atoms with Crippen LogP contribution < -0.4 is 5.11 Å². The standard InChI is InChI=1S/C13H13NO2S/c1-9-8-12(17-7-6-13(15)16)10-4-2-3-5-11(10)14-9/h2-5,8H,6-7H2,1H3,(H,15,16)/p-1. The molecule has 0 saturated heterocycles. The number of hydrogen-bond donors (Lipinski definition) is 0. The van der Waals surface area contributed by atoms with Gasteiger partial charge in [0, 0.05) is 27.7 Å². The molecule has 1 aromatic carbocycles. The molecule has 1 aromatic heterocycles. The largest absolute Gasteiger partial charge is 0.550 e. The number of carbonyl (C=O) groups excluding carboxylic acids is 1. The number of aryl methyl sites for hydroxylation is 1. The number of aromatic nitrogens is 1. The Morgan fingerprint density at radius 2 is 2.18 bits per heavy atom. The summed E-state index contributed by atoms with van der Waals surface area (Å²) < 4.78 is 0. The minimum atomic E-state index is -1.01. The second kappa shape index (κ2) is 5.19. The molecule has 4 heteroatoms. The zero-order valence-corrected chi connectivity index (χ0v) is 10.3. The summed E-state index contributed by atoms with van der Waals surface area (Å²) in [6.45, 7) is 1.94. The Labute approximate surface area is 104 Å². The third-order valence-corrected chi connectivity index (χ3v) is 3.43. The van der Waals surface area contributed by atoms with Crippen molar-refractivity contribution in [1.29, 1.82) is 0 Å². The smallest absolute Gasteiger partial charge is 0.0716 e. The highest BCUT2D eigenvalue weighted by Gasteiger charge is 2.03. The van der Waals surface area contributed by atoms with Gasteiger partial charge in [0.2, 0.25) is 0 Å². The van der Waals surface area contributed by atoms with E-state index in [2.05, 4.69) is 4.98 Å². The first-order valence-electron chi connectivity index (χ1n) is 5.36. The molecule has 0 aliphatic rings. The first kappa shape index (κ1) is 11.9. The fraction of sp³-hybridized carbons (Fsp3) is 0.231. The highest BCUT2D eigenvalue weighted by Crippen LogP contribution is 2.27. The van der Waals surface area contributed by atoms with Crippen LogP contribution in [0, 0.1) is 6.92 Å². The molecule has 88 valence electrons. The average Bonchev–Trinajstić information content (AvgIpc) is 2.28. The van der Waals surface area contributed by atoms with E-state index in [1.807, 2.05) is 37.3 Å². The molecule has 0 bridgehead atoms. The summed E-state index contributed by atoms with van der Waals surface area (Å²) in [4.78, 5) is 15.9. The quantitative estimate of drug-likeness (QED) is 0.772. The van der Waals surface area contributed by atoms with Crippen molar-refractivity contribution in [3.63, 3.8) is 0 Å². The van der Waals surface area contributed by atoms with Crippen molar-refractivity contribution in [1.82, 2.24) is 4.98 Å². The third-order valence-electron chi connectivity index (χ3n) is 2.37. The Morgan fingerprint density at radius 1 is 1.41 bits per heavy atom. The van der Waals surface area contributed by atoms with E-state index in [1.54, 1.807) is 0 Å². The first-order chi connectivity index (χ1) is 8.16. The fourth-order valence-electron chi connectivity index (χ4n) is 1.63. The van der Waals surface area contributed by atoms with Gasteiger partial charge in [-0.3, -0.25) is 4.98 Å². The minimum absolute atomic E-state index is 0.0698. The van der Waals surface area contributed by atoms with Gasteiger partial charge in [-0.15, -0.1) is 11.8 Å². The number of nitrogens with zero attached hydrogens (tertiary/aromatic N) is 1. The Bertz CT molecular complexity index is 554. The van der Waals surface area contributed by atoms with E-state index >= 15 is 0 Å². The molecule has 0 saturated carbocycles. The van der Waals surface area contributed by atoms with E-state index in [4.69, 9.17) is 0 Å². The number of thioether (sulfide) groups is 1. The van der Waals surface area contributed by atoms with E-state index in [0.717, 1.165) is 21.5 Å². The van der Waals surface area contributed by atoms with E-state index < -0.39 is 5.97 Å². The summed E-state index contributed by atoms with van der Waals surface area (Å²) in [6.07, 6.45) is 0.0698. The van der Waals surface area contributed by atoms with Crippen LogP contribution in [0.5, 0.6) is 0 Å². The molecule has 0 unspecified atom stereocenters. The lowest BCUT2D eigenvalue weighted by atomic mass is 10.2. The van der Waals surface area contributed by atoms with Crippen LogP contribution in [-0.4, -0.2) is 16.7 Å². The monoisotopic (exact) mass is 246 g/mol. The Balaban J connectivity index is 2.29. The van der Waals surface area contributed by atoms with Crippen LogP contribution in [0.25, 0.3) is 10.9 Å². The van der Waals surface area contributed by atoms with Crippen LogP contribution in [0.3, 0.4) is 0 Å². The molecule has 2 rings (SSSR count). The van der Waals surface area contributed by atoms with Crippen molar-refractivity contribution in [3.8, 4) is 0 Å². The van der Waals surface area contributed by atoms with E-state index in [-0.39, 0.29) is 6.42 Å². The Hall–Kier alpha value is -1.55. The van der Waals surface area contributed by atoms with Crippen LogP contribution in [0.2, 0.25) is 0 Å². The van der Waals surface area contributed by atoms with Crippen molar-refractivity contribution >= 4 is 28.6 Å². The van der Waals surface area contributed by atoms with E-state index in [0.29, 0.717) is 5.75 Å². The molecule has 2 aromatic rings. The summed E-state index contributed by atoms with van der Waals surface area (Å²) in [5.74, 6) is -0.483.